The van der Waals surface area contributed by atoms with E-state index in [0.717, 1.165) is 44.5 Å². The molecule has 2 aromatic carbocycles. The molecule has 0 spiro atoms. The zero-order chi connectivity index (χ0) is 18.4. The van der Waals surface area contributed by atoms with E-state index in [1.807, 2.05) is 18.2 Å². The van der Waals surface area contributed by atoms with E-state index < -0.39 is 10.0 Å². The van der Waals surface area contributed by atoms with E-state index in [-0.39, 0.29) is 0 Å². The normalized spacial score (nSPS) is 16.7. The molecule has 1 aliphatic heterocycles. The Morgan fingerprint density at radius 2 is 1.50 bits per heavy atom. The lowest BCUT2D eigenvalue weighted by Gasteiger charge is -2.34. The van der Waals surface area contributed by atoms with Gasteiger partial charge in [0.25, 0.3) is 0 Å². The third-order valence-electron chi connectivity index (χ3n) is 5.08. The molecule has 0 unspecified atom stereocenters. The van der Waals surface area contributed by atoms with E-state index in [9.17, 15) is 8.42 Å². The van der Waals surface area contributed by atoms with Crippen molar-refractivity contribution >= 4 is 10.0 Å². The van der Waals surface area contributed by atoms with Crippen molar-refractivity contribution in [1.82, 2.24) is 9.21 Å². The van der Waals surface area contributed by atoms with E-state index in [1.54, 1.807) is 16.4 Å². The van der Waals surface area contributed by atoms with Crippen molar-refractivity contribution in [1.29, 1.82) is 0 Å². The largest absolute Gasteiger partial charge is 0.301 e. The molecule has 0 radical (unpaired) electrons. The van der Waals surface area contributed by atoms with Gasteiger partial charge in [-0.1, -0.05) is 49.4 Å². The maximum Gasteiger partial charge on any atom is 0.243 e. The van der Waals surface area contributed by atoms with Crippen LogP contribution in [0.3, 0.4) is 0 Å². The Labute approximate surface area is 157 Å². The summed E-state index contributed by atoms with van der Waals surface area (Å²) in [5.41, 5.74) is 2.52. The van der Waals surface area contributed by atoms with Crippen LogP contribution < -0.4 is 0 Å². The highest BCUT2D eigenvalue weighted by Gasteiger charge is 2.28. The summed E-state index contributed by atoms with van der Waals surface area (Å²) in [6.07, 6.45) is 3.10. The van der Waals surface area contributed by atoms with Crippen LogP contribution in [0.15, 0.2) is 59.5 Å². The molecule has 1 aliphatic rings. The summed E-state index contributed by atoms with van der Waals surface area (Å²) in [5, 5.41) is 0. The van der Waals surface area contributed by atoms with Crippen LogP contribution in [-0.4, -0.2) is 50.3 Å². The summed E-state index contributed by atoms with van der Waals surface area (Å²) in [6, 6.07) is 17.8. The predicted octanol–water partition coefficient (Wildman–Crippen LogP) is 3.19. The van der Waals surface area contributed by atoms with Crippen molar-refractivity contribution in [2.45, 2.75) is 31.1 Å². The van der Waals surface area contributed by atoms with Gasteiger partial charge in [0.1, 0.15) is 0 Å². The molecule has 3 rings (SSSR count). The first-order valence-corrected chi connectivity index (χ1v) is 10.9. The predicted molar refractivity (Wildman–Crippen MR) is 106 cm³/mol. The van der Waals surface area contributed by atoms with Gasteiger partial charge in [-0.05, 0) is 49.1 Å². The lowest BCUT2D eigenvalue weighted by molar-refractivity contribution is 0.187. The maximum absolute atomic E-state index is 12.8. The Morgan fingerprint density at radius 3 is 2.12 bits per heavy atom. The molecule has 2 aromatic rings. The van der Waals surface area contributed by atoms with Crippen molar-refractivity contribution in [2.24, 2.45) is 0 Å². The number of hydrogen-bond acceptors (Lipinski definition) is 3. The fourth-order valence-corrected chi connectivity index (χ4v) is 4.81. The van der Waals surface area contributed by atoms with Crippen LogP contribution in [0.5, 0.6) is 0 Å². The van der Waals surface area contributed by atoms with Gasteiger partial charge in [-0.15, -0.1) is 0 Å². The van der Waals surface area contributed by atoms with E-state index in [2.05, 4.69) is 36.1 Å². The summed E-state index contributed by atoms with van der Waals surface area (Å²) < 4.78 is 27.2. The van der Waals surface area contributed by atoms with Crippen molar-refractivity contribution in [3.63, 3.8) is 0 Å². The summed E-state index contributed by atoms with van der Waals surface area (Å²) in [4.78, 5) is 2.78. The average Bonchev–Trinajstić information content (AvgIpc) is 2.69. The van der Waals surface area contributed by atoms with Crippen LogP contribution in [0, 0.1) is 0 Å². The van der Waals surface area contributed by atoms with Gasteiger partial charge in [0, 0.05) is 26.2 Å². The van der Waals surface area contributed by atoms with Gasteiger partial charge >= 0.3 is 0 Å². The molecule has 1 heterocycles. The third kappa shape index (κ3) is 4.72. The number of sulfonamides is 1. The van der Waals surface area contributed by atoms with E-state index in [4.69, 9.17) is 0 Å². The minimum absolute atomic E-state index is 0.409. The molecule has 0 saturated carbocycles. The first-order valence-electron chi connectivity index (χ1n) is 9.45. The van der Waals surface area contributed by atoms with Crippen LogP contribution in [0.1, 0.15) is 24.5 Å². The Bertz CT molecular complexity index is 781. The summed E-state index contributed by atoms with van der Waals surface area (Å²) >= 11 is 0. The van der Waals surface area contributed by atoms with Crippen LogP contribution in [0.4, 0.5) is 0 Å². The summed E-state index contributed by atoms with van der Waals surface area (Å²) in [6.45, 7) is 5.85. The van der Waals surface area contributed by atoms with Crippen molar-refractivity contribution < 1.29 is 8.42 Å². The zero-order valence-corrected chi connectivity index (χ0v) is 16.3. The fraction of sp³-hybridized carbons (Fsp3) is 0.429. The molecule has 26 heavy (non-hydrogen) atoms. The molecule has 0 atom stereocenters. The quantitative estimate of drug-likeness (QED) is 0.749. The molecular weight excluding hydrogens is 344 g/mol. The first kappa shape index (κ1) is 19.1. The zero-order valence-electron chi connectivity index (χ0n) is 15.5. The van der Waals surface area contributed by atoms with Crippen LogP contribution in [0.2, 0.25) is 0 Å². The Balaban J connectivity index is 1.49. The van der Waals surface area contributed by atoms with Crippen LogP contribution in [0.25, 0.3) is 0 Å². The van der Waals surface area contributed by atoms with E-state index >= 15 is 0 Å². The molecule has 0 aliphatic carbocycles. The highest BCUT2D eigenvalue weighted by atomic mass is 32.2. The van der Waals surface area contributed by atoms with Crippen LogP contribution >= 0.6 is 0 Å². The van der Waals surface area contributed by atoms with Crippen LogP contribution in [-0.2, 0) is 22.9 Å². The van der Waals surface area contributed by atoms with Crippen molar-refractivity contribution in [3.8, 4) is 0 Å². The molecule has 0 N–H and O–H groups in total. The number of benzene rings is 2. The first-order chi connectivity index (χ1) is 12.6. The van der Waals surface area contributed by atoms with Gasteiger partial charge in [0.2, 0.25) is 10.0 Å². The second kappa shape index (κ2) is 8.80. The Morgan fingerprint density at radius 1 is 0.846 bits per heavy atom. The fourth-order valence-electron chi connectivity index (χ4n) is 3.39. The second-order valence-electron chi connectivity index (χ2n) is 6.83. The van der Waals surface area contributed by atoms with Crippen molar-refractivity contribution in [3.05, 3.63) is 65.7 Å². The van der Waals surface area contributed by atoms with Gasteiger partial charge in [0.05, 0.1) is 4.90 Å². The standard InChI is InChI=1S/C21H28N2O2S/c1-2-19-10-12-21(13-11-19)26(24,25)23-17-15-22(16-18-23)14-6-9-20-7-4-3-5-8-20/h3-5,7-8,10-13H,2,6,9,14-18H2,1H3. The minimum Gasteiger partial charge on any atom is -0.301 e. The third-order valence-corrected chi connectivity index (χ3v) is 7.00. The molecule has 1 fully saturated rings. The van der Waals surface area contributed by atoms with Gasteiger partial charge < -0.3 is 4.90 Å². The van der Waals surface area contributed by atoms with E-state index in [0.29, 0.717) is 18.0 Å². The number of aryl methyl sites for hydroxylation is 2. The Kier molecular flexibility index (Phi) is 6.46. The summed E-state index contributed by atoms with van der Waals surface area (Å²) in [5.74, 6) is 0. The number of piperazine rings is 1. The maximum atomic E-state index is 12.8. The molecule has 4 nitrogen and oxygen atoms in total. The monoisotopic (exact) mass is 372 g/mol. The highest BCUT2D eigenvalue weighted by Crippen LogP contribution is 2.18. The highest BCUT2D eigenvalue weighted by molar-refractivity contribution is 7.89. The van der Waals surface area contributed by atoms with E-state index in [1.165, 1.54) is 5.56 Å². The summed E-state index contributed by atoms with van der Waals surface area (Å²) in [7, 11) is -3.37. The molecule has 0 amide bonds. The lowest BCUT2D eigenvalue weighted by atomic mass is 10.1. The molecule has 0 bridgehead atoms. The SMILES string of the molecule is CCc1ccc(S(=O)(=O)N2CCN(CCCc3ccccc3)CC2)cc1. The smallest absolute Gasteiger partial charge is 0.243 e. The molecule has 5 heteroatoms. The van der Waals surface area contributed by atoms with Gasteiger partial charge in [-0.25, -0.2) is 8.42 Å². The van der Waals surface area contributed by atoms with Gasteiger partial charge in [-0.2, -0.15) is 4.31 Å². The molecule has 140 valence electrons. The van der Waals surface area contributed by atoms with Crippen molar-refractivity contribution in [2.75, 3.05) is 32.7 Å². The van der Waals surface area contributed by atoms with Gasteiger partial charge in [-0.3, -0.25) is 0 Å². The average molecular weight is 373 g/mol. The topological polar surface area (TPSA) is 40.6 Å². The Hall–Kier alpha value is -1.69. The number of hydrogen-bond donors (Lipinski definition) is 0. The molecule has 1 saturated heterocycles. The molecular formula is C21H28N2O2S. The molecule has 0 aromatic heterocycles. The number of rotatable bonds is 7. The second-order valence-corrected chi connectivity index (χ2v) is 8.77. The minimum atomic E-state index is -3.37. The van der Waals surface area contributed by atoms with Gasteiger partial charge in [0.15, 0.2) is 0 Å². The number of nitrogens with zero attached hydrogens (tertiary/aromatic N) is 2. The lowest BCUT2D eigenvalue weighted by Crippen LogP contribution is -2.48.